The number of Topliss-reactive ketones (excluding diaryl/α,β-unsaturated/α-hetero) is 1. The van der Waals surface area contributed by atoms with Gasteiger partial charge >= 0.3 is 12.1 Å². The van der Waals surface area contributed by atoms with E-state index in [1.165, 1.54) is 32.8 Å². The number of nitrogens with two attached hydrogens (primary N) is 1. The molecule has 1 amide bonds. The molecule has 50 heavy (non-hydrogen) atoms. The number of esters is 1. The van der Waals surface area contributed by atoms with Gasteiger partial charge < -0.3 is 39.8 Å². The Hall–Kier alpha value is -2.66. The standard InChI is InChI=1S/C33H56F2N6O9/c1-10-22-33(8)24(41(29(45)50-33)14-12-11-13-39-40-37)20(4)38-17-30(5,34)16-31(6,46-9)26(19(3)25(43)32(7,35)28(44)48-22)49-27-23(42)21(36)15-18(2)47-27/h18-24,26-27,38,42H,10-17,36H2,1-9H3/t18-,19+,20-,21?,22-,23?,24-,26-,27+,30?,31-,32?,33-/m1/s1. The highest BCUT2D eigenvalue weighted by atomic mass is 19.1. The molecule has 3 aliphatic rings. The summed E-state index contributed by atoms with van der Waals surface area (Å²) in [5, 5.41) is 17.6. The van der Waals surface area contributed by atoms with Gasteiger partial charge in [-0.2, -0.15) is 0 Å². The molecule has 13 atom stereocenters. The molecule has 3 saturated heterocycles. The number of hydrogen-bond acceptors (Lipinski definition) is 12. The van der Waals surface area contributed by atoms with Crippen LogP contribution in [0.15, 0.2) is 5.11 Å². The first-order valence-electron chi connectivity index (χ1n) is 17.4. The van der Waals surface area contributed by atoms with Gasteiger partial charge in [0.05, 0.1) is 23.9 Å². The number of ether oxygens (including phenoxy) is 5. The first-order valence-corrected chi connectivity index (χ1v) is 17.4. The van der Waals surface area contributed by atoms with Crippen LogP contribution in [0.25, 0.3) is 10.4 Å². The van der Waals surface area contributed by atoms with Crippen LogP contribution in [0.3, 0.4) is 0 Å². The third-order valence-electron chi connectivity index (χ3n) is 10.4. The van der Waals surface area contributed by atoms with E-state index in [1.807, 2.05) is 0 Å². The van der Waals surface area contributed by atoms with Crippen LogP contribution >= 0.6 is 0 Å². The Morgan fingerprint density at radius 3 is 2.42 bits per heavy atom. The minimum atomic E-state index is -3.24. The number of rotatable bonds is 9. The first-order chi connectivity index (χ1) is 23.2. The maximum atomic E-state index is 16.8. The maximum Gasteiger partial charge on any atom is 0.410 e. The lowest BCUT2D eigenvalue weighted by molar-refractivity contribution is -0.290. The zero-order valence-corrected chi connectivity index (χ0v) is 30.7. The second-order valence-electron chi connectivity index (χ2n) is 14.8. The summed E-state index contributed by atoms with van der Waals surface area (Å²) in [5.74, 6) is -4.20. The Balaban J connectivity index is 2.10. The largest absolute Gasteiger partial charge is 0.455 e. The van der Waals surface area contributed by atoms with Crippen molar-refractivity contribution in [3.05, 3.63) is 10.4 Å². The summed E-state index contributed by atoms with van der Waals surface area (Å²) in [7, 11) is 1.29. The highest BCUT2D eigenvalue weighted by Gasteiger charge is 2.60. The molecule has 0 saturated carbocycles. The van der Waals surface area contributed by atoms with Crippen LogP contribution in [0, 0.1) is 5.92 Å². The van der Waals surface area contributed by atoms with E-state index in [2.05, 4.69) is 15.3 Å². The van der Waals surface area contributed by atoms with Gasteiger partial charge in [0.25, 0.3) is 5.67 Å². The summed E-state index contributed by atoms with van der Waals surface area (Å²) in [6.45, 7) is 11.8. The van der Waals surface area contributed by atoms with Gasteiger partial charge in [0.15, 0.2) is 17.7 Å². The third kappa shape index (κ3) is 8.85. The molecule has 286 valence electrons. The fraction of sp³-hybridized carbons (Fsp3) is 0.909. The Kier molecular flexibility index (Phi) is 13.7. The van der Waals surface area contributed by atoms with Crippen molar-refractivity contribution in [3.63, 3.8) is 0 Å². The van der Waals surface area contributed by atoms with Gasteiger partial charge in [-0.25, -0.2) is 18.4 Å². The number of halogens is 2. The summed E-state index contributed by atoms with van der Waals surface area (Å²) in [4.78, 5) is 45.3. The van der Waals surface area contributed by atoms with Crippen molar-refractivity contribution < 1.29 is 52.0 Å². The molecule has 4 unspecified atom stereocenters. The molecule has 0 aliphatic carbocycles. The summed E-state index contributed by atoms with van der Waals surface area (Å²) in [6, 6.07) is -2.24. The molecule has 3 aliphatic heterocycles. The predicted molar refractivity (Wildman–Crippen MR) is 177 cm³/mol. The van der Waals surface area contributed by atoms with E-state index in [0.29, 0.717) is 19.3 Å². The molecule has 3 fully saturated rings. The minimum absolute atomic E-state index is 0.0763. The topological polar surface area (TPSA) is 208 Å². The highest BCUT2D eigenvalue weighted by Crippen LogP contribution is 2.41. The van der Waals surface area contributed by atoms with E-state index in [-0.39, 0.29) is 26.1 Å². The van der Waals surface area contributed by atoms with Crippen molar-refractivity contribution in [2.24, 2.45) is 16.8 Å². The van der Waals surface area contributed by atoms with E-state index < -0.39 is 102 Å². The van der Waals surface area contributed by atoms with E-state index in [9.17, 15) is 19.5 Å². The normalized spacial score (nSPS) is 43.6. The van der Waals surface area contributed by atoms with E-state index in [0.717, 1.165) is 6.92 Å². The van der Waals surface area contributed by atoms with Crippen molar-refractivity contribution in [2.75, 3.05) is 26.7 Å². The van der Waals surface area contributed by atoms with Crippen molar-refractivity contribution in [1.29, 1.82) is 0 Å². The number of methoxy groups -OCH3 is 1. The molecular weight excluding hydrogens is 662 g/mol. The smallest absolute Gasteiger partial charge is 0.410 e. The number of nitrogens with zero attached hydrogens (tertiary/aromatic N) is 4. The van der Waals surface area contributed by atoms with Crippen molar-refractivity contribution >= 4 is 17.8 Å². The first kappa shape index (κ1) is 41.8. The van der Waals surface area contributed by atoms with Gasteiger partial charge in [0.1, 0.15) is 17.9 Å². The number of hydrogen-bond donors (Lipinski definition) is 3. The quantitative estimate of drug-likeness (QED) is 0.0783. The number of amides is 1. The number of aliphatic hydroxyl groups is 1. The lowest BCUT2D eigenvalue weighted by Crippen LogP contribution is -2.62. The molecule has 15 nitrogen and oxygen atoms in total. The van der Waals surface area contributed by atoms with Crippen molar-refractivity contribution in [3.8, 4) is 0 Å². The van der Waals surface area contributed by atoms with Gasteiger partial charge in [-0.1, -0.05) is 19.0 Å². The number of unbranched alkanes of at least 4 members (excludes halogenated alkanes) is 1. The zero-order valence-electron chi connectivity index (χ0n) is 30.7. The number of carbonyl (C=O) groups is 3. The van der Waals surface area contributed by atoms with Gasteiger partial charge in [-0.15, -0.1) is 0 Å². The molecule has 3 rings (SSSR count). The summed E-state index contributed by atoms with van der Waals surface area (Å²) in [5.41, 5.74) is 6.23. The van der Waals surface area contributed by atoms with Crippen LogP contribution in [0.5, 0.6) is 0 Å². The van der Waals surface area contributed by atoms with Crippen molar-refractivity contribution in [1.82, 2.24) is 10.2 Å². The molecule has 0 spiro atoms. The van der Waals surface area contributed by atoms with E-state index in [1.54, 1.807) is 27.7 Å². The molecule has 4 N–H and O–H groups in total. The average Bonchev–Trinajstić information content (AvgIpc) is 3.30. The Morgan fingerprint density at radius 2 is 1.82 bits per heavy atom. The minimum Gasteiger partial charge on any atom is -0.455 e. The second-order valence-corrected chi connectivity index (χ2v) is 14.8. The number of ketones is 1. The van der Waals surface area contributed by atoms with Crippen LogP contribution in [0.1, 0.15) is 87.5 Å². The molecule has 0 radical (unpaired) electrons. The number of alkyl halides is 2. The molecule has 3 heterocycles. The highest BCUT2D eigenvalue weighted by molar-refractivity contribution is 6.07. The fourth-order valence-corrected chi connectivity index (χ4v) is 7.71. The van der Waals surface area contributed by atoms with Gasteiger partial charge in [0.2, 0.25) is 0 Å². The average molecular weight is 719 g/mol. The van der Waals surface area contributed by atoms with Crippen LogP contribution < -0.4 is 11.1 Å². The lowest BCUT2D eigenvalue weighted by Gasteiger charge is -2.46. The van der Waals surface area contributed by atoms with Gasteiger partial charge in [0, 0.05) is 56.1 Å². The van der Waals surface area contributed by atoms with Gasteiger partial charge in [-0.3, -0.25) is 9.69 Å². The van der Waals surface area contributed by atoms with Crippen LogP contribution in [0.2, 0.25) is 0 Å². The predicted octanol–water partition coefficient (Wildman–Crippen LogP) is 3.64. The molecule has 0 aromatic heterocycles. The van der Waals surface area contributed by atoms with E-state index >= 15 is 8.78 Å². The third-order valence-corrected chi connectivity index (χ3v) is 10.4. The molecular formula is C33H56F2N6O9. The SMILES string of the molecule is CC[C@H]1OC(=O)C(C)(F)C(=O)[C@H](C)[C@@H](O[C@@H]2O[C@H](C)CC(N)C2O)[C@](C)(OC)CC(C)(F)CN[C@H](C)[C@H]2N(CCCCN=[N+]=[N-])C(=O)O[C@]12C. The fourth-order valence-electron chi connectivity index (χ4n) is 7.71. The second kappa shape index (κ2) is 16.3. The summed E-state index contributed by atoms with van der Waals surface area (Å²) >= 11 is 0. The number of azide groups is 1. The Morgan fingerprint density at radius 1 is 1.16 bits per heavy atom. The number of aliphatic hydroxyl groups excluding tert-OH is 1. The summed E-state index contributed by atoms with van der Waals surface area (Å²) in [6.07, 6.45) is -5.60. The number of nitrogens with one attached hydrogen (secondary N) is 1. The monoisotopic (exact) mass is 718 g/mol. The van der Waals surface area contributed by atoms with E-state index in [4.69, 9.17) is 34.9 Å². The Bertz CT molecular complexity index is 1270. The van der Waals surface area contributed by atoms with Crippen LogP contribution in [-0.4, -0.2) is 126 Å². The van der Waals surface area contributed by atoms with Crippen molar-refractivity contribution in [2.45, 2.75) is 159 Å². The molecule has 17 heteroatoms. The summed E-state index contributed by atoms with van der Waals surface area (Å²) < 4.78 is 62.9. The number of carbonyl (C=O) groups excluding carboxylic acids is 3. The molecule has 0 bridgehead atoms. The molecule has 0 aromatic rings. The zero-order chi connectivity index (χ0) is 37.8. The molecule has 0 aromatic carbocycles. The lowest BCUT2D eigenvalue weighted by atomic mass is 9.77. The van der Waals surface area contributed by atoms with Crippen LogP contribution in [0.4, 0.5) is 13.6 Å². The number of fused-ring (bicyclic) bond motifs is 1. The number of cyclic esters (lactones) is 1. The van der Waals surface area contributed by atoms with Crippen LogP contribution in [-0.2, 0) is 33.3 Å². The Labute approximate surface area is 292 Å². The van der Waals surface area contributed by atoms with Gasteiger partial charge in [-0.05, 0) is 72.8 Å². The maximum absolute atomic E-state index is 16.8.